The average molecular weight is 595 g/mol. The van der Waals surface area contributed by atoms with Gasteiger partial charge in [0.1, 0.15) is 5.75 Å². The number of methoxy groups -OCH3 is 1. The summed E-state index contributed by atoms with van der Waals surface area (Å²) in [5.41, 5.74) is 1.53. The van der Waals surface area contributed by atoms with Crippen LogP contribution in [0, 0.1) is 10.1 Å². The van der Waals surface area contributed by atoms with E-state index < -0.39 is 34.2 Å². The number of benzene rings is 3. The molecule has 11 heteroatoms. The van der Waals surface area contributed by atoms with Gasteiger partial charge in [-0.25, -0.2) is 14.5 Å². The van der Waals surface area contributed by atoms with Gasteiger partial charge in [-0.3, -0.25) is 14.9 Å². The van der Waals surface area contributed by atoms with Crippen LogP contribution in [-0.2, 0) is 22.4 Å². The summed E-state index contributed by atoms with van der Waals surface area (Å²) in [7, 11) is 1.58. The Morgan fingerprint density at radius 1 is 1.02 bits per heavy atom. The molecule has 1 N–H and O–H groups in total. The smallest absolute Gasteiger partial charge is 0.414 e. The van der Waals surface area contributed by atoms with Gasteiger partial charge in [0.25, 0.3) is 5.69 Å². The van der Waals surface area contributed by atoms with Gasteiger partial charge in [-0.05, 0) is 74.9 Å². The van der Waals surface area contributed by atoms with Gasteiger partial charge < -0.3 is 14.6 Å². The Labute approximate surface area is 248 Å². The fraction of sp³-hybridized carbons (Fsp3) is 0.323. The quantitative estimate of drug-likeness (QED) is 0.0972. The number of carbonyl (C=O) groups excluding carboxylic acids is 2. The number of amides is 2. The number of aryl methyl sites for hydroxylation is 1. The van der Waals surface area contributed by atoms with Crippen molar-refractivity contribution in [3.05, 3.63) is 99.6 Å². The topological polar surface area (TPSA) is 136 Å². The zero-order valence-electron chi connectivity index (χ0n) is 23.7. The molecule has 3 aromatic carbocycles. The first kappa shape index (κ1) is 32.1. The molecule has 10 nitrogen and oxygen atoms in total. The van der Waals surface area contributed by atoms with Gasteiger partial charge in [-0.2, -0.15) is 0 Å². The first-order valence-electron chi connectivity index (χ1n) is 13.5. The number of carbonyl (C=O) groups is 3. The highest BCUT2D eigenvalue weighted by Crippen LogP contribution is 2.36. The highest BCUT2D eigenvalue weighted by molar-refractivity contribution is 8.00. The number of thioether (sulfide) groups is 1. The van der Waals surface area contributed by atoms with E-state index in [1.54, 1.807) is 21.0 Å². The average Bonchev–Trinajstić information content (AvgIpc) is 2.97. The minimum Gasteiger partial charge on any atom is -0.497 e. The van der Waals surface area contributed by atoms with Crippen LogP contribution in [-0.4, -0.2) is 57.9 Å². The van der Waals surface area contributed by atoms with Crippen LogP contribution in [0.4, 0.5) is 10.5 Å². The number of esters is 1. The molecule has 0 aliphatic heterocycles. The number of carboxylic acid groups (broad SMARTS) is 1. The molecule has 42 heavy (non-hydrogen) atoms. The number of hydrogen-bond donors (Lipinski definition) is 1. The van der Waals surface area contributed by atoms with Crippen molar-refractivity contribution >= 4 is 35.4 Å². The summed E-state index contributed by atoms with van der Waals surface area (Å²) in [4.78, 5) is 50.7. The van der Waals surface area contributed by atoms with Crippen molar-refractivity contribution < 1.29 is 33.9 Å². The third-order valence-corrected chi connectivity index (χ3v) is 7.88. The largest absolute Gasteiger partial charge is 0.497 e. The first-order valence-corrected chi connectivity index (χ1v) is 14.4. The Balaban J connectivity index is 1.90. The maximum absolute atomic E-state index is 13.9. The lowest BCUT2D eigenvalue weighted by molar-refractivity contribution is -0.387. The molecule has 222 valence electrons. The summed E-state index contributed by atoms with van der Waals surface area (Å²) in [5.74, 6) is -0.643. The third kappa shape index (κ3) is 8.81. The fourth-order valence-electron chi connectivity index (χ4n) is 4.47. The normalized spacial score (nSPS) is 12.2. The molecule has 0 radical (unpaired) electrons. The van der Waals surface area contributed by atoms with E-state index in [0.29, 0.717) is 25.0 Å². The zero-order chi connectivity index (χ0) is 30.6. The van der Waals surface area contributed by atoms with Crippen molar-refractivity contribution in [3.63, 3.8) is 0 Å². The van der Waals surface area contributed by atoms with E-state index >= 15 is 0 Å². The number of rotatable bonds is 14. The highest BCUT2D eigenvalue weighted by atomic mass is 32.2. The van der Waals surface area contributed by atoms with Gasteiger partial charge in [0.2, 0.25) is 5.91 Å². The predicted molar refractivity (Wildman–Crippen MR) is 159 cm³/mol. The molecular weight excluding hydrogens is 560 g/mol. The number of hydrogen-bond acceptors (Lipinski definition) is 8. The van der Waals surface area contributed by atoms with E-state index in [0.717, 1.165) is 33.9 Å². The molecule has 0 saturated carbocycles. The van der Waals surface area contributed by atoms with Gasteiger partial charge in [0.05, 0.1) is 34.3 Å². The predicted octanol–water partition coefficient (Wildman–Crippen LogP) is 6.40. The van der Waals surface area contributed by atoms with Gasteiger partial charge in [0.15, 0.2) is 0 Å². The van der Waals surface area contributed by atoms with E-state index in [1.165, 1.54) is 12.1 Å². The van der Waals surface area contributed by atoms with Crippen LogP contribution in [0.25, 0.3) is 0 Å². The Morgan fingerprint density at radius 3 is 2.31 bits per heavy atom. The lowest BCUT2D eigenvalue weighted by Crippen LogP contribution is -2.47. The zero-order valence-corrected chi connectivity index (χ0v) is 24.5. The van der Waals surface area contributed by atoms with Gasteiger partial charge in [0, 0.05) is 12.1 Å². The summed E-state index contributed by atoms with van der Waals surface area (Å²) < 4.78 is 10.2. The second-order valence-corrected chi connectivity index (χ2v) is 10.8. The summed E-state index contributed by atoms with van der Waals surface area (Å²) in [6, 6.07) is 20.0. The van der Waals surface area contributed by atoms with Crippen LogP contribution in [0.3, 0.4) is 0 Å². The van der Waals surface area contributed by atoms with E-state index in [1.807, 2.05) is 54.6 Å². The fourth-order valence-corrected chi connectivity index (χ4v) is 5.68. The minimum atomic E-state index is -1.39. The van der Waals surface area contributed by atoms with Crippen molar-refractivity contribution in [1.82, 2.24) is 4.90 Å². The van der Waals surface area contributed by atoms with Gasteiger partial charge >= 0.3 is 12.1 Å². The van der Waals surface area contributed by atoms with Crippen LogP contribution < -0.4 is 4.74 Å². The maximum Gasteiger partial charge on any atom is 0.414 e. The van der Waals surface area contributed by atoms with Crippen molar-refractivity contribution in [3.8, 4) is 5.75 Å². The summed E-state index contributed by atoms with van der Waals surface area (Å²) >= 11 is 0.928. The molecule has 0 heterocycles. The summed E-state index contributed by atoms with van der Waals surface area (Å²) in [5, 5.41) is 21.1. The number of imide groups is 1. The molecule has 0 bridgehead atoms. The highest BCUT2D eigenvalue weighted by Gasteiger charge is 2.34. The number of nitro benzene ring substituents is 1. The molecule has 0 aromatic heterocycles. The van der Waals surface area contributed by atoms with Crippen LogP contribution >= 0.6 is 11.8 Å². The van der Waals surface area contributed by atoms with Gasteiger partial charge in [-0.1, -0.05) is 42.5 Å². The van der Waals surface area contributed by atoms with Crippen molar-refractivity contribution in [2.24, 2.45) is 0 Å². The van der Waals surface area contributed by atoms with Gasteiger partial charge in [-0.15, -0.1) is 11.8 Å². The minimum absolute atomic E-state index is 0.0129. The number of nitrogens with zero attached hydrogens (tertiary/aromatic N) is 2. The van der Waals surface area contributed by atoms with Crippen molar-refractivity contribution in [2.75, 3.05) is 13.7 Å². The van der Waals surface area contributed by atoms with Crippen LogP contribution in [0.5, 0.6) is 5.75 Å². The molecule has 3 aromatic rings. The molecule has 0 spiro atoms. The van der Waals surface area contributed by atoms with Crippen molar-refractivity contribution in [1.29, 1.82) is 0 Å². The first-order chi connectivity index (χ1) is 20.1. The standard InChI is InChI=1S/C31H34N2O8S/c1-4-41-30(35)24-15-18-27(26(20-24)33(38)39)42-28(12-8-11-22-13-16-25(40-3)17-14-22)29(34)32(31(36)37)21(2)19-23-9-6-5-7-10-23/h5-7,9-10,13-18,20-21,28H,4,8,11-12,19H2,1-3H3,(H,36,37). The molecule has 3 rings (SSSR count). The Morgan fingerprint density at radius 2 is 1.71 bits per heavy atom. The monoisotopic (exact) mass is 594 g/mol. The van der Waals surface area contributed by atoms with Crippen LogP contribution in [0.2, 0.25) is 0 Å². The summed E-state index contributed by atoms with van der Waals surface area (Å²) in [6.07, 6.45) is 0.303. The molecule has 2 amide bonds. The Kier molecular flexibility index (Phi) is 11.9. The van der Waals surface area contributed by atoms with E-state index in [2.05, 4.69) is 0 Å². The lowest BCUT2D eigenvalue weighted by Gasteiger charge is -2.28. The molecular formula is C31H34N2O8S. The maximum atomic E-state index is 13.9. The molecule has 0 fully saturated rings. The van der Waals surface area contributed by atoms with E-state index in [-0.39, 0.29) is 29.2 Å². The lowest BCUT2D eigenvalue weighted by atomic mass is 10.0. The van der Waals surface area contributed by atoms with E-state index in [4.69, 9.17) is 9.47 Å². The molecule has 0 aliphatic rings. The molecule has 0 aliphatic carbocycles. The number of ether oxygens (including phenoxy) is 2. The van der Waals surface area contributed by atoms with Crippen LogP contribution in [0.15, 0.2) is 77.7 Å². The molecule has 0 saturated heterocycles. The summed E-state index contributed by atoms with van der Waals surface area (Å²) in [6.45, 7) is 3.40. The van der Waals surface area contributed by atoms with Crippen molar-refractivity contribution in [2.45, 2.75) is 55.7 Å². The SMILES string of the molecule is CCOC(=O)c1ccc(SC(CCCc2ccc(OC)cc2)C(=O)N(C(=O)O)C(C)Cc2ccccc2)c([N+](=O)[O-])c1. The second kappa shape index (κ2) is 15.6. The molecule has 2 atom stereocenters. The Bertz CT molecular complexity index is 1380. The number of nitro groups is 1. The Hall–Kier alpha value is -4.38. The van der Waals surface area contributed by atoms with Crippen LogP contribution in [0.1, 0.15) is 48.2 Å². The second-order valence-electron chi connectivity index (χ2n) is 9.54. The molecule has 2 unspecified atom stereocenters. The third-order valence-electron chi connectivity index (χ3n) is 6.56. The van der Waals surface area contributed by atoms with E-state index in [9.17, 15) is 29.6 Å².